The average molecular weight is 201 g/mol. The molecule has 0 atom stereocenters. The molecular weight excluding hydrogens is 195 g/mol. The van der Waals surface area contributed by atoms with Gasteiger partial charge < -0.3 is 9.52 Å². The number of phenols is 1. The standard InChI is InChI=1S/C9H6O3.K/c10-7-3-1-6-2-4-9(11)12-8(6)5-7;/h1-5,10H;/q;+1. The second-order valence-electron chi connectivity index (χ2n) is 2.48. The van der Waals surface area contributed by atoms with Crippen LogP contribution in [0.25, 0.3) is 11.0 Å². The van der Waals surface area contributed by atoms with E-state index in [0.717, 1.165) is 5.39 Å². The molecule has 0 unspecified atom stereocenters. The predicted molar refractivity (Wildman–Crippen MR) is 44.1 cm³/mol. The molecule has 0 fully saturated rings. The molecule has 1 aromatic carbocycles. The van der Waals surface area contributed by atoms with E-state index < -0.39 is 5.63 Å². The fraction of sp³-hybridized carbons (Fsp3) is 0. The second-order valence-corrected chi connectivity index (χ2v) is 2.48. The predicted octanol–water partition coefficient (Wildman–Crippen LogP) is -1.50. The molecule has 0 aliphatic heterocycles. The number of aromatic hydroxyl groups is 1. The molecule has 4 heteroatoms. The van der Waals surface area contributed by atoms with Crippen LogP contribution in [0.1, 0.15) is 0 Å². The molecule has 60 valence electrons. The van der Waals surface area contributed by atoms with E-state index in [0.29, 0.717) is 5.58 Å². The van der Waals surface area contributed by atoms with E-state index in [4.69, 9.17) is 9.52 Å². The van der Waals surface area contributed by atoms with Gasteiger partial charge in [-0.1, -0.05) is 0 Å². The minimum Gasteiger partial charge on any atom is -0.508 e. The first-order chi connectivity index (χ1) is 5.75. The average Bonchev–Trinajstić information content (AvgIpc) is 2.03. The van der Waals surface area contributed by atoms with Gasteiger partial charge in [0.2, 0.25) is 0 Å². The molecule has 0 amide bonds. The Bertz CT molecular complexity index is 475. The van der Waals surface area contributed by atoms with Crippen molar-refractivity contribution in [1.29, 1.82) is 0 Å². The fourth-order valence-corrected chi connectivity index (χ4v) is 1.05. The number of fused-ring (bicyclic) bond motifs is 1. The number of benzene rings is 1. The monoisotopic (exact) mass is 201 g/mol. The van der Waals surface area contributed by atoms with Crippen molar-refractivity contribution in [2.24, 2.45) is 0 Å². The molecular formula is C9H6KO3+. The molecule has 0 aliphatic rings. The van der Waals surface area contributed by atoms with Crippen molar-refractivity contribution in [3.8, 4) is 5.75 Å². The van der Waals surface area contributed by atoms with Gasteiger partial charge in [-0.15, -0.1) is 0 Å². The minimum atomic E-state index is -0.409. The number of phenolic OH excluding ortho intramolecular Hbond substituents is 1. The molecule has 0 radical (unpaired) electrons. The van der Waals surface area contributed by atoms with Gasteiger partial charge in [-0.2, -0.15) is 0 Å². The summed E-state index contributed by atoms with van der Waals surface area (Å²) in [5.74, 6) is 0.0943. The molecule has 0 saturated heterocycles. The van der Waals surface area contributed by atoms with Gasteiger partial charge in [-0.05, 0) is 18.2 Å². The molecule has 13 heavy (non-hydrogen) atoms. The van der Waals surface area contributed by atoms with Crippen LogP contribution in [0.4, 0.5) is 0 Å². The normalized spacial score (nSPS) is 9.54. The molecule has 2 rings (SSSR count). The molecule has 1 N–H and O–H groups in total. The zero-order valence-corrected chi connectivity index (χ0v) is 10.3. The van der Waals surface area contributed by atoms with Crippen LogP contribution in [-0.2, 0) is 0 Å². The van der Waals surface area contributed by atoms with Gasteiger partial charge in [-0.3, -0.25) is 0 Å². The maximum Gasteiger partial charge on any atom is 1.00 e. The summed E-state index contributed by atoms with van der Waals surface area (Å²) in [6, 6.07) is 7.65. The summed E-state index contributed by atoms with van der Waals surface area (Å²) in [6.45, 7) is 0. The largest absolute Gasteiger partial charge is 1.00 e. The smallest absolute Gasteiger partial charge is 0.508 e. The van der Waals surface area contributed by atoms with Crippen LogP contribution in [0.5, 0.6) is 5.75 Å². The topological polar surface area (TPSA) is 50.4 Å². The van der Waals surface area contributed by atoms with Crippen LogP contribution in [0.2, 0.25) is 0 Å². The van der Waals surface area contributed by atoms with Crippen molar-refractivity contribution < 1.29 is 60.9 Å². The summed E-state index contributed by atoms with van der Waals surface area (Å²) in [4.78, 5) is 10.7. The Labute approximate surface area is 117 Å². The van der Waals surface area contributed by atoms with Crippen LogP contribution in [0.3, 0.4) is 0 Å². The molecule has 0 bridgehead atoms. The number of rotatable bonds is 0. The van der Waals surface area contributed by atoms with Crippen LogP contribution < -0.4 is 57.0 Å². The van der Waals surface area contributed by atoms with Crippen LogP contribution >= 0.6 is 0 Å². The van der Waals surface area contributed by atoms with Gasteiger partial charge >= 0.3 is 57.0 Å². The first-order valence-corrected chi connectivity index (χ1v) is 3.48. The Morgan fingerprint density at radius 1 is 1.15 bits per heavy atom. The van der Waals surface area contributed by atoms with E-state index in [1.54, 1.807) is 18.2 Å². The van der Waals surface area contributed by atoms with Crippen molar-refractivity contribution in [3.05, 3.63) is 40.8 Å². The maximum atomic E-state index is 10.7. The van der Waals surface area contributed by atoms with Crippen molar-refractivity contribution in [3.63, 3.8) is 0 Å². The summed E-state index contributed by atoms with van der Waals surface area (Å²) in [7, 11) is 0. The van der Waals surface area contributed by atoms with Crippen LogP contribution in [0.15, 0.2) is 39.5 Å². The Hall–Kier alpha value is -0.134. The van der Waals surface area contributed by atoms with Gasteiger partial charge in [0, 0.05) is 17.5 Å². The molecule has 0 aliphatic carbocycles. The third-order valence-corrected chi connectivity index (χ3v) is 1.61. The van der Waals surface area contributed by atoms with Gasteiger partial charge in [0.15, 0.2) is 0 Å². The summed E-state index contributed by atoms with van der Waals surface area (Å²) >= 11 is 0. The fourth-order valence-electron chi connectivity index (χ4n) is 1.05. The summed E-state index contributed by atoms with van der Waals surface area (Å²) in [6.07, 6.45) is 0. The Balaban J connectivity index is 0.000000845. The van der Waals surface area contributed by atoms with E-state index in [2.05, 4.69) is 0 Å². The molecule has 0 spiro atoms. The molecule has 2 aromatic rings. The van der Waals surface area contributed by atoms with Gasteiger partial charge in [-0.25, -0.2) is 4.79 Å². The summed E-state index contributed by atoms with van der Waals surface area (Å²) in [5.41, 5.74) is -0.00407. The van der Waals surface area contributed by atoms with E-state index in [1.807, 2.05) is 0 Å². The first-order valence-electron chi connectivity index (χ1n) is 3.48. The first kappa shape index (κ1) is 10.9. The summed E-state index contributed by atoms with van der Waals surface area (Å²) < 4.78 is 4.83. The van der Waals surface area contributed by atoms with Gasteiger partial charge in [0.1, 0.15) is 11.3 Å². The van der Waals surface area contributed by atoms with E-state index in [1.165, 1.54) is 12.1 Å². The van der Waals surface area contributed by atoms with Gasteiger partial charge in [0.25, 0.3) is 0 Å². The van der Waals surface area contributed by atoms with Crippen LogP contribution in [0, 0.1) is 0 Å². The maximum absolute atomic E-state index is 10.7. The quantitative estimate of drug-likeness (QED) is 0.417. The zero-order chi connectivity index (χ0) is 8.55. The number of hydrogen-bond acceptors (Lipinski definition) is 3. The molecule has 3 nitrogen and oxygen atoms in total. The SMILES string of the molecule is O=c1ccc2ccc(O)cc2o1.[K+]. The molecule has 1 heterocycles. The zero-order valence-electron chi connectivity index (χ0n) is 7.15. The third kappa shape index (κ3) is 2.42. The van der Waals surface area contributed by atoms with E-state index >= 15 is 0 Å². The molecule has 1 aromatic heterocycles. The van der Waals surface area contributed by atoms with Crippen molar-refractivity contribution in [2.45, 2.75) is 0 Å². The van der Waals surface area contributed by atoms with Crippen molar-refractivity contribution >= 4 is 11.0 Å². The summed E-state index contributed by atoms with van der Waals surface area (Å²) in [5, 5.41) is 9.86. The van der Waals surface area contributed by atoms with Crippen molar-refractivity contribution in [2.75, 3.05) is 0 Å². The Morgan fingerprint density at radius 2 is 1.85 bits per heavy atom. The third-order valence-electron chi connectivity index (χ3n) is 1.61. The van der Waals surface area contributed by atoms with Crippen molar-refractivity contribution in [1.82, 2.24) is 0 Å². The second kappa shape index (κ2) is 4.39. The Morgan fingerprint density at radius 3 is 2.62 bits per heavy atom. The van der Waals surface area contributed by atoms with Crippen LogP contribution in [-0.4, -0.2) is 5.11 Å². The van der Waals surface area contributed by atoms with E-state index in [9.17, 15) is 4.79 Å². The number of hydrogen-bond donors (Lipinski definition) is 1. The van der Waals surface area contributed by atoms with E-state index in [-0.39, 0.29) is 57.1 Å². The Kier molecular flexibility index (Phi) is 3.70. The minimum absolute atomic E-state index is 0. The molecule has 0 saturated carbocycles. The van der Waals surface area contributed by atoms with Gasteiger partial charge in [0.05, 0.1) is 0 Å².